The number of ketones is 1. The van der Waals surface area contributed by atoms with Gasteiger partial charge in [-0.1, -0.05) is 0 Å². The Morgan fingerprint density at radius 3 is 2.12 bits per heavy atom. The quantitative estimate of drug-likeness (QED) is 0.774. The Balaban J connectivity index is 2.63. The molecule has 4 nitrogen and oxygen atoms in total. The summed E-state index contributed by atoms with van der Waals surface area (Å²) in [6.45, 7) is 2.06. The summed E-state index contributed by atoms with van der Waals surface area (Å²) in [4.78, 5) is 23.7. The maximum absolute atomic E-state index is 12.2. The van der Waals surface area contributed by atoms with E-state index in [4.69, 9.17) is 0 Å². The molecular formula is C10H14F3NO3. The third-order valence-electron chi connectivity index (χ3n) is 3.03. The van der Waals surface area contributed by atoms with Gasteiger partial charge in [0, 0.05) is 7.05 Å². The highest BCUT2D eigenvalue weighted by molar-refractivity contribution is 5.92. The second-order valence-corrected chi connectivity index (χ2v) is 4.21. The number of halogens is 3. The Morgan fingerprint density at radius 2 is 1.82 bits per heavy atom. The minimum Gasteiger partial charge on any atom is -0.437 e. The van der Waals surface area contributed by atoms with Crippen molar-refractivity contribution in [2.75, 3.05) is 7.05 Å². The van der Waals surface area contributed by atoms with Gasteiger partial charge in [0.25, 0.3) is 0 Å². The highest BCUT2D eigenvalue weighted by Crippen LogP contribution is 2.42. The lowest BCUT2D eigenvalue weighted by molar-refractivity contribution is -0.199. The summed E-state index contributed by atoms with van der Waals surface area (Å²) in [5.74, 6) is -0.239. The largest absolute Gasteiger partial charge is 0.437 e. The van der Waals surface area contributed by atoms with Crippen LogP contribution in [0.5, 0.6) is 0 Å². The first-order valence-corrected chi connectivity index (χ1v) is 5.13. The molecule has 0 heterocycles. The first-order chi connectivity index (χ1) is 7.61. The summed E-state index contributed by atoms with van der Waals surface area (Å²) in [6, 6.07) is 0. The van der Waals surface area contributed by atoms with E-state index in [9.17, 15) is 22.8 Å². The molecule has 0 aliphatic heterocycles. The van der Waals surface area contributed by atoms with Gasteiger partial charge >= 0.3 is 12.3 Å². The summed E-state index contributed by atoms with van der Waals surface area (Å²) in [6.07, 6.45) is -6.96. The lowest BCUT2D eigenvalue weighted by Crippen LogP contribution is -2.46. The summed E-state index contributed by atoms with van der Waals surface area (Å²) in [7, 11) is 1.28. The normalized spacial score (nSPS) is 19.4. The van der Waals surface area contributed by atoms with Crippen LogP contribution in [0.4, 0.5) is 18.0 Å². The van der Waals surface area contributed by atoms with Crippen LogP contribution >= 0.6 is 0 Å². The molecule has 98 valence electrons. The predicted molar refractivity (Wildman–Crippen MR) is 52.4 cm³/mol. The predicted octanol–water partition coefficient (Wildman–Crippen LogP) is 2.13. The van der Waals surface area contributed by atoms with E-state index in [0.29, 0.717) is 12.8 Å². The number of nitrogens with zero attached hydrogens (tertiary/aromatic N) is 1. The second-order valence-electron chi connectivity index (χ2n) is 4.21. The lowest BCUT2D eigenvalue weighted by Gasteiger charge is -2.27. The van der Waals surface area contributed by atoms with Crippen molar-refractivity contribution in [3.8, 4) is 0 Å². The average molecular weight is 253 g/mol. The van der Waals surface area contributed by atoms with Gasteiger partial charge in [-0.05, 0) is 26.7 Å². The van der Waals surface area contributed by atoms with Gasteiger partial charge in [0.05, 0.1) is 0 Å². The standard InChI is InChI=1S/C10H14F3NO3/c1-6(15)9(4-5-9)14(3)8(16)17-7(2)10(11,12)13/h7H,4-5H2,1-3H3/t7-/m1/s1. The van der Waals surface area contributed by atoms with Crippen molar-refractivity contribution in [1.82, 2.24) is 4.90 Å². The van der Waals surface area contributed by atoms with E-state index in [2.05, 4.69) is 4.74 Å². The van der Waals surface area contributed by atoms with Crippen molar-refractivity contribution in [3.63, 3.8) is 0 Å². The van der Waals surface area contributed by atoms with Gasteiger partial charge in [0.2, 0.25) is 0 Å². The molecule has 0 unspecified atom stereocenters. The van der Waals surface area contributed by atoms with Crippen molar-refractivity contribution < 1.29 is 27.5 Å². The van der Waals surface area contributed by atoms with Crippen molar-refractivity contribution in [3.05, 3.63) is 0 Å². The monoisotopic (exact) mass is 253 g/mol. The molecule has 0 aromatic carbocycles. The van der Waals surface area contributed by atoms with E-state index in [1.807, 2.05) is 0 Å². The summed E-state index contributed by atoms with van der Waals surface area (Å²) in [5, 5.41) is 0. The van der Waals surface area contributed by atoms with Gasteiger partial charge in [-0.25, -0.2) is 4.79 Å². The van der Waals surface area contributed by atoms with Crippen LogP contribution < -0.4 is 0 Å². The molecule has 0 radical (unpaired) electrons. The van der Waals surface area contributed by atoms with Crippen LogP contribution in [0.3, 0.4) is 0 Å². The van der Waals surface area contributed by atoms with Crippen LogP contribution in [-0.4, -0.2) is 41.6 Å². The molecule has 1 aliphatic carbocycles. The van der Waals surface area contributed by atoms with Gasteiger partial charge < -0.3 is 4.74 Å². The SMILES string of the molecule is CC(=O)C1(N(C)C(=O)O[C@H](C)C(F)(F)F)CC1. The first kappa shape index (κ1) is 13.8. The third-order valence-corrected chi connectivity index (χ3v) is 3.03. The van der Waals surface area contributed by atoms with Gasteiger partial charge in [0.15, 0.2) is 11.9 Å². The Kier molecular flexibility index (Phi) is 3.40. The summed E-state index contributed by atoms with van der Waals surface area (Å²) >= 11 is 0. The fourth-order valence-corrected chi connectivity index (χ4v) is 1.51. The molecule has 0 bridgehead atoms. The third kappa shape index (κ3) is 2.70. The summed E-state index contributed by atoms with van der Waals surface area (Å²) < 4.78 is 40.8. The van der Waals surface area contributed by atoms with E-state index in [0.717, 1.165) is 11.8 Å². The molecule has 1 fully saturated rings. The molecule has 17 heavy (non-hydrogen) atoms. The maximum atomic E-state index is 12.2. The average Bonchev–Trinajstić information content (AvgIpc) is 2.95. The van der Waals surface area contributed by atoms with E-state index in [1.165, 1.54) is 14.0 Å². The fraction of sp³-hybridized carbons (Fsp3) is 0.800. The molecule has 0 saturated heterocycles. The van der Waals surface area contributed by atoms with Gasteiger partial charge in [0.1, 0.15) is 5.54 Å². The van der Waals surface area contributed by atoms with Crippen LogP contribution in [0.2, 0.25) is 0 Å². The number of likely N-dealkylation sites (N-methyl/N-ethyl adjacent to an activating group) is 1. The van der Waals surface area contributed by atoms with E-state index < -0.39 is 23.9 Å². The van der Waals surface area contributed by atoms with Crippen molar-refractivity contribution in [2.24, 2.45) is 0 Å². The number of Topliss-reactive ketones (excluding diaryl/α,β-unsaturated/α-hetero) is 1. The zero-order chi connectivity index (χ0) is 13.4. The number of hydrogen-bond acceptors (Lipinski definition) is 3. The van der Waals surface area contributed by atoms with E-state index in [1.54, 1.807) is 0 Å². The van der Waals surface area contributed by atoms with Crippen LogP contribution in [-0.2, 0) is 9.53 Å². The molecule has 0 aromatic heterocycles. The molecule has 0 N–H and O–H groups in total. The van der Waals surface area contributed by atoms with Crippen LogP contribution in [0.15, 0.2) is 0 Å². The molecular weight excluding hydrogens is 239 g/mol. The van der Waals surface area contributed by atoms with Crippen molar-refractivity contribution in [2.45, 2.75) is 44.5 Å². The van der Waals surface area contributed by atoms with Gasteiger partial charge in [-0.2, -0.15) is 13.2 Å². The first-order valence-electron chi connectivity index (χ1n) is 5.13. The van der Waals surface area contributed by atoms with Crippen LogP contribution in [0.1, 0.15) is 26.7 Å². The Labute approximate surface area is 96.7 Å². The number of carbonyl (C=O) groups is 2. The van der Waals surface area contributed by atoms with Crippen LogP contribution in [0, 0.1) is 0 Å². The number of ether oxygens (including phenoxy) is 1. The highest BCUT2D eigenvalue weighted by atomic mass is 19.4. The molecule has 1 atom stereocenters. The number of hydrogen-bond donors (Lipinski definition) is 0. The molecule has 1 amide bonds. The second kappa shape index (κ2) is 4.19. The van der Waals surface area contributed by atoms with Crippen LogP contribution in [0.25, 0.3) is 0 Å². The number of amides is 1. The fourth-order valence-electron chi connectivity index (χ4n) is 1.51. The topological polar surface area (TPSA) is 46.6 Å². The molecule has 7 heteroatoms. The zero-order valence-electron chi connectivity index (χ0n) is 9.80. The van der Waals surface area contributed by atoms with E-state index >= 15 is 0 Å². The van der Waals surface area contributed by atoms with Crippen molar-refractivity contribution in [1.29, 1.82) is 0 Å². The minimum atomic E-state index is -4.59. The van der Waals surface area contributed by atoms with Crippen molar-refractivity contribution >= 4 is 11.9 Å². The highest BCUT2D eigenvalue weighted by Gasteiger charge is 2.54. The molecule has 1 rings (SSSR count). The Bertz CT molecular complexity index is 336. The molecule has 1 aliphatic rings. The minimum absolute atomic E-state index is 0.239. The van der Waals surface area contributed by atoms with E-state index in [-0.39, 0.29) is 5.78 Å². The Morgan fingerprint density at radius 1 is 1.35 bits per heavy atom. The Hall–Kier alpha value is -1.27. The molecule has 0 spiro atoms. The number of rotatable bonds is 3. The molecule has 1 saturated carbocycles. The number of alkyl halides is 3. The smallest absolute Gasteiger partial charge is 0.425 e. The van der Waals surface area contributed by atoms with Gasteiger partial charge in [-0.3, -0.25) is 9.69 Å². The number of carbonyl (C=O) groups excluding carboxylic acids is 2. The zero-order valence-corrected chi connectivity index (χ0v) is 9.80. The maximum Gasteiger partial charge on any atom is 0.425 e. The summed E-state index contributed by atoms with van der Waals surface area (Å²) in [5.41, 5.74) is -0.956. The van der Waals surface area contributed by atoms with Gasteiger partial charge in [-0.15, -0.1) is 0 Å². The lowest BCUT2D eigenvalue weighted by atomic mass is 10.1. The molecule has 0 aromatic rings.